The van der Waals surface area contributed by atoms with Crippen molar-refractivity contribution in [3.05, 3.63) is 30.7 Å². The monoisotopic (exact) mass is 291 g/mol. The molecule has 20 heavy (non-hydrogen) atoms. The highest BCUT2D eigenvalue weighted by Gasteiger charge is 2.16. The minimum atomic E-state index is 0. The normalized spacial score (nSPS) is 19.3. The fourth-order valence-electron chi connectivity index (χ4n) is 3.05. The van der Waals surface area contributed by atoms with E-state index in [9.17, 15) is 0 Å². The van der Waals surface area contributed by atoms with Crippen molar-refractivity contribution >= 4 is 34.3 Å². The summed E-state index contributed by atoms with van der Waals surface area (Å²) in [5.41, 5.74) is 2.13. The molecule has 0 saturated carbocycles. The van der Waals surface area contributed by atoms with E-state index in [0.717, 1.165) is 24.1 Å². The Morgan fingerprint density at radius 2 is 2.25 bits per heavy atom. The number of hydrogen-bond donors (Lipinski definition) is 1. The van der Waals surface area contributed by atoms with Crippen LogP contribution in [0.3, 0.4) is 0 Å². The van der Waals surface area contributed by atoms with Crippen molar-refractivity contribution in [2.24, 2.45) is 0 Å². The van der Waals surface area contributed by atoms with Crippen LogP contribution in [0.5, 0.6) is 0 Å². The summed E-state index contributed by atoms with van der Waals surface area (Å²) in [6.07, 6.45) is 7.55. The van der Waals surface area contributed by atoms with Crippen LogP contribution in [0, 0.1) is 0 Å². The topological polar surface area (TPSA) is 43.0 Å². The Balaban J connectivity index is 0.00000121. The minimum Gasteiger partial charge on any atom is -0.464 e. The molecule has 1 saturated heterocycles. The number of benzene rings is 1. The van der Waals surface area contributed by atoms with E-state index in [-0.39, 0.29) is 12.4 Å². The molecule has 1 unspecified atom stereocenters. The number of piperidine rings is 1. The van der Waals surface area contributed by atoms with E-state index in [1.165, 1.54) is 30.2 Å². The molecule has 0 aliphatic carbocycles. The first-order valence-corrected chi connectivity index (χ1v) is 6.97. The molecule has 106 valence electrons. The van der Waals surface area contributed by atoms with Crippen LogP contribution in [0.2, 0.25) is 0 Å². The van der Waals surface area contributed by atoms with Crippen molar-refractivity contribution in [1.29, 1.82) is 0 Å². The molecule has 0 radical (unpaired) electrons. The predicted molar refractivity (Wildman–Crippen MR) is 82.4 cm³/mol. The number of fused-ring (bicyclic) bond motifs is 3. The summed E-state index contributed by atoms with van der Waals surface area (Å²) in [6, 6.07) is 6.67. The Hall–Kier alpha value is -1.52. The van der Waals surface area contributed by atoms with Gasteiger partial charge in [-0.05, 0) is 37.6 Å². The molecule has 4 nitrogen and oxygen atoms in total. The largest absolute Gasteiger partial charge is 0.464 e. The zero-order valence-electron chi connectivity index (χ0n) is 11.2. The van der Waals surface area contributed by atoms with E-state index >= 15 is 0 Å². The van der Waals surface area contributed by atoms with E-state index in [4.69, 9.17) is 4.42 Å². The molecule has 5 heteroatoms. The molecule has 0 spiro atoms. The summed E-state index contributed by atoms with van der Waals surface area (Å²) in [7, 11) is 0. The summed E-state index contributed by atoms with van der Waals surface area (Å²) in [6.45, 7) is 2.07. The van der Waals surface area contributed by atoms with Crippen molar-refractivity contribution in [2.75, 3.05) is 6.54 Å². The van der Waals surface area contributed by atoms with E-state index in [0.29, 0.717) is 6.04 Å². The first-order valence-electron chi connectivity index (χ1n) is 6.97. The number of halogens is 1. The van der Waals surface area contributed by atoms with Crippen LogP contribution in [0.4, 0.5) is 0 Å². The van der Waals surface area contributed by atoms with Gasteiger partial charge in [0, 0.05) is 16.8 Å². The highest BCUT2D eigenvalue weighted by molar-refractivity contribution is 6.03. The fourth-order valence-corrected chi connectivity index (χ4v) is 3.05. The van der Waals surface area contributed by atoms with E-state index in [1.807, 2.05) is 18.3 Å². The van der Waals surface area contributed by atoms with Gasteiger partial charge in [0.05, 0.1) is 24.5 Å². The number of rotatable bonds is 2. The van der Waals surface area contributed by atoms with Gasteiger partial charge in [-0.25, -0.2) is 0 Å². The average molecular weight is 292 g/mol. The maximum absolute atomic E-state index is 5.48. The van der Waals surface area contributed by atoms with Crippen molar-refractivity contribution in [1.82, 2.24) is 15.1 Å². The quantitative estimate of drug-likeness (QED) is 0.787. The third-order valence-corrected chi connectivity index (χ3v) is 4.04. The molecule has 1 N–H and O–H groups in total. The lowest BCUT2D eigenvalue weighted by atomic mass is 10.1. The molecule has 0 amide bonds. The number of furan rings is 1. The van der Waals surface area contributed by atoms with Gasteiger partial charge in [-0.3, -0.25) is 4.68 Å². The molecule has 1 aliphatic heterocycles. The van der Waals surface area contributed by atoms with E-state index in [2.05, 4.69) is 21.2 Å². The molecule has 1 fully saturated rings. The number of aromatic nitrogens is 2. The lowest BCUT2D eigenvalue weighted by Gasteiger charge is -2.23. The Morgan fingerprint density at radius 1 is 1.30 bits per heavy atom. The van der Waals surface area contributed by atoms with Gasteiger partial charge in [0.15, 0.2) is 0 Å². The van der Waals surface area contributed by atoms with E-state index in [1.54, 1.807) is 6.26 Å². The number of nitrogens with zero attached hydrogens (tertiary/aromatic N) is 2. The molecular weight excluding hydrogens is 274 g/mol. The Morgan fingerprint density at radius 3 is 3.10 bits per heavy atom. The molecule has 0 bridgehead atoms. The second-order valence-electron chi connectivity index (χ2n) is 5.31. The lowest BCUT2D eigenvalue weighted by Crippen LogP contribution is -2.37. The van der Waals surface area contributed by atoms with Gasteiger partial charge in [0.2, 0.25) is 0 Å². The lowest BCUT2D eigenvalue weighted by molar-refractivity contribution is 0.355. The molecule has 1 atom stereocenters. The molecule has 1 aromatic carbocycles. The van der Waals surface area contributed by atoms with Crippen LogP contribution in [-0.4, -0.2) is 22.4 Å². The molecule has 4 rings (SSSR count). The van der Waals surface area contributed by atoms with Crippen LogP contribution in [0.1, 0.15) is 19.3 Å². The smallest absolute Gasteiger partial charge is 0.136 e. The molecule has 1 aliphatic rings. The average Bonchev–Trinajstić information content (AvgIpc) is 3.06. The van der Waals surface area contributed by atoms with Crippen LogP contribution < -0.4 is 5.32 Å². The van der Waals surface area contributed by atoms with Crippen LogP contribution in [0.25, 0.3) is 21.9 Å². The second-order valence-corrected chi connectivity index (χ2v) is 5.31. The second kappa shape index (κ2) is 5.46. The summed E-state index contributed by atoms with van der Waals surface area (Å²) in [5.74, 6) is 0. The number of hydrogen-bond acceptors (Lipinski definition) is 3. The Kier molecular flexibility index (Phi) is 3.68. The summed E-state index contributed by atoms with van der Waals surface area (Å²) >= 11 is 0. The van der Waals surface area contributed by atoms with Gasteiger partial charge < -0.3 is 9.73 Å². The predicted octanol–water partition coefficient (Wildman–Crippen LogP) is 3.35. The first-order chi connectivity index (χ1) is 9.42. The molecule has 3 heterocycles. The van der Waals surface area contributed by atoms with Crippen LogP contribution in [0.15, 0.2) is 35.1 Å². The van der Waals surface area contributed by atoms with Gasteiger partial charge in [-0.1, -0.05) is 6.42 Å². The van der Waals surface area contributed by atoms with Crippen molar-refractivity contribution in [3.63, 3.8) is 0 Å². The third kappa shape index (κ3) is 2.19. The Labute approximate surface area is 123 Å². The van der Waals surface area contributed by atoms with Gasteiger partial charge >= 0.3 is 0 Å². The van der Waals surface area contributed by atoms with Crippen molar-refractivity contribution < 1.29 is 4.42 Å². The highest BCUT2D eigenvalue weighted by Crippen LogP contribution is 2.26. The van der Waals surface area contributed by atoms with E-state index < -0.39 is 0 Å². The van der Waals surface area contributed by atoms with Crippen molar-refractivity contribution in [3.8, 4) is 0 Å². The third-order valence-electron chi connectivity index (χ3n) is 4.04. The van der Waals surface area contributed by atoms with Crippen LogP contribution in [-0.2, 0) is 6.54 Å². The van der Waals surface area contributed by atoms with Gasteiger partial charge in [0.1, 0.15) is 5.58 Å². The zero-order chi connectivity index (χ0) is 12.7. The van der Waals surface area contributed by atoms with Gasteiger partial charge in [-0.15, -0.1) is 12.4 Å². The molecule has 2 aromatic heterocycles. The maximum Gasteiger partial charge on any atom is 0.136 e. The first kappa shape index (κ1) is 13.5. The molecule has 3 aromatic rings. The van der Waals surface area contributed by atoms with Crippen molar-refractivity contribution in [2.45, 2.75) is 31.8 Å². The maximum atomic E-state index is 5.48. The fraction of sp³-hybridized carbons (Fsp3) is 0.400. The highest BCUT2D eigenvalue weighted by atomic mass is 35.5. The summed E-state index contributed by atoms with van der Waals surface area (Å²) in [5, 5.41) is 10.5. The Bertz CT molecular complexity index is 712. The SMILES string of the molecule is Cl.c1cc2c(ccc3cnn(CC4CCCCN4)c32)o1. The summed E-state index contributed by atoms with van der Waals surface area (Å²) < 4.78 is 7.60. The number of nitrogens with one attached hydrogen (secondary N) is 1. The minimum absolute atomic E-state index is 0. The van der Waals surface area contributed by atoms with Gasteiger partial charge in [-0.2, -0.15) is 5.10 Å². The summed E-state index contributed by atoms with van der Waals surface area (Å²) in [4.78, 5) is 0. The molecular formula is C15H18ClN3O. The van der Waals surface area contributed by atoms with Crippen LogP contribution >= 0.6 is 12.4 Å². The van der Waals surface area contributed by atoms with Gasteiger partial charge in [0.25, 0.3) is 0 Å². The zero-order valence-corrected chi connectivity index (χ0v) is 12.0. The standard InChI is InChI=1S/C15H17N3O.ClH/c1-2-7-16-12(3-1)10-18-15-11(9-17-18)4-5-14-13(15)6-8-19-14;/h4-6,8-9,12,16H,1-3,7,10H2;1H.